The van der Waals surface area contributed by atoms with E-state index in [4.69, 9.17) is 88.8 Å². The van der Waals surface area contributed by atoms with Crippen LogP contribution in [0.2, 0.25) is 0 Å². The van der Waals surface area contributed by atoms with Crippen molar-refractivity contribution >= 4 is 69.3 Å². The molecule has 0 bridgehead atoms. The summed E-state index contributed by atoms with van der Waals surface area (Å²) in [5.74, 6) is -2.95. The van der Waals surface area contributed by atoms with Gasteiger partial charge in [-0.25, -0.2) is 56.5 Å². The molecule has 45 nitrogen and oxygen atoms in total. The van der Waals surface area contributed by atoms with Gasteiger partial charge in [0.05, 0.1) is 57.3 Å². The summed E-state index contributed by atoms with van der Waals surface area (Å²) >= 11 is 0. The quantitative estimate of drug-likeness (QED) is 0.00588. The molecular formula is C65H100F3N19O26P2. The lowest BCUT2D eigenvalue weighted by atomic mass is 9.96. The van der Waals surface area contributed by atoms with E-state index in [9.17, 15) is 52.9 Å². The highest BCUT2D eigenvalue weighted by Gasteiger charge is 2.62. The molecule has 0 aromatic rings. The molecule has 0 radical (unpaired) electrons. The van der Waals surface area contributed by atoms with E-state index in [1.807, 2.05) is 13.8 Å². The molecule has 0 aromatic heterocycles. The minimum absolute atomic E-state index is 0.0291. The zero-order valence-corrected chi connectivity index (χ0v) is 67.1. The maximum Gasteiger partial charge on any atom is 0.510 e. The molecule has 6 rings (SSSR count). The van der Waals surface area contributed by atoms with E-state index in [0.717, 1.165) is 28.7 Å². The van der Waals surface area contributed by atoms with Crippen LogP contribution in [-0.2, 0) is 103 Å². The van der Waals surface area contributed by atoms with Gasteiger partial charge in [-0.3, -0.25) is 33.1 Å². The van der Waals surface area contributed by atoms with Crippen LogP contribution in [0.1, 0.15) is 122 Å². The monoisotopic (exact) mass is 1680 g/mol. The number of azide groups is 3. The number of amides is 1. The Hall–Kier alpha value is -9.59. The predicted molar refractivity (Wildman–Crippen MR) is 395 cm³/mol. The number of phosphoric acid groups is 1. The number of aliphatic imine (C=N–C) groups is 2. The first-order valence-electron chi connectivity index (χ1n) is 35.6. The smallest absolute Gasteiger partial charge is 0.462 e. The lowest BCUT2D eigenvalue weighted by Gasteiger charge is -2.35. The Morgan fingerprint density at radius 3 is 1.39 bits per heavy atom. The first-order chi connectivity index (χ1) is 54.0. The summed E-state index contributed by atoms with van der Waals surface area (Å²) in [5.41, 5.74) is 32.0. The first kappa shape index (κ1) is 97.8. The summed E-state index contributed by atoms with van der Waals surface area (Å²) < 4.78 is 152. The zero-order chi connectivity index (χ0) is 86.3. The number of rotatable bonds is 40. The van der Waals surface area contributed by atoms with Crippen molar-refractivity contribution in [1.82, 2.24) is 30.2 Å². The van der Waals surface area contributed by atoms with E-state index in [1.165, 1.54) is 49.5 Å². The number of nitrogens with two attached hydrogens (primary N) is 2. The number of hydrogen-bond acceptors (Lipinski definition) is 36. The number of nitrogens with zero attached hydrogens (tertiary/aromatic N) is 14. The number of ether oxygens (including phenoxy) is 11. The molecule has 0 saturated carbocycles. The fraction of sp³-hybridized carbons (Fsp3) is 0.677. The van der Waals surface area contributed by atoms with Gasteiger partial charge >= 0.3 is 51.7 Å². The highest BCUT2D eigenvalue weighted by molar-refractivity contribution is 7.54. The van der Waals surface area contributed by atoms with E-state index >= 15 is 13.2 Å². The number of amidine groups is 2. The van der Waals surface area contributed by atoms with Crippen molar-refractivity contribution in [2.45, 2.75) is 230 Å². The third-order valence-corrected chi connectivity index (χ3v) is 19.3. The van der Waals surface area contributed by atoms with Gasteiger partial charge in [0.25, 0.3) is 5.91 Å². The maximum absolute atomic E-state index is 15.8. The Kier molecular flexibility index (Phi) is 38.8. The number of esters is 4. The van der Waals surface area contributed by atoms with Crippen molar-refractivity contribution in [1.29, 1.82) is 0 Å². The molecule has 1 amide bonds. The molecule has 14 atom stereocenters. The number of unbranched alkanes of at least 4 members (excludes halogenated alkanes) is 2. The van der Waals surface area contributed by atoms with Crippen molar-refractivity contribution in [3.63, 3.8) is 0 Å². The van der Waals surface area contributed by atoms with E-state index < -0.39 is 219 Å². The van der Waals surface area contributed by atoms with E-state index in [0.29, 0.717) is 12.8 Å². The van der Waals surface area contributed by atoms with Crippen LogP contribution in [0, 0.1) is 0 Å². The zero-order valence-electron chi connectivity index (χ0n) is 65.3. The number of halogens is 3. The van der Waals surface area contributed by atoms with Crippen molar-refractivity contribution in [3.8, 4) is 0 Å². The van der Waals surface area contributed by atoms with Crippen LogP contribution in [0.4, 0.5) is 22.8 Å². The number of carbonyl (C=O) groups is 7. The molecule has 6 aliphatic rings. The molecule has 9 N–H and O–H groups in total. The number of alkyl halides is 3. The average molecular weight is 1680 g/mol. The topological polar surface area (TPSA) is 601 Å². The average Bonchev–Trinajstić information content (AvgIpc) is 1.62. The van der Waals surface area contributed by atoms with Gasteiger partial charge < -0.3 is 98.3 Å². The van der Waals surface area contributed by atoms with Gasteiger partial charge in [-0.15, -0.1) is 0 Å². The molecule has 2 unspecified atom stereocenters. The van der Waals surface area contributed by atoms with Crippen molar-refractivity contribution in [3.05, 3.63) is 105 Å². The Morgan fingerprint density at radius 2 is 0.983 bits per heavy atom. The largest absolute Gasteiger partial charge is 0.510 e. The standard InChI is InChI=1S/C23H37FN7O9P.C21H32FN6O12P.C21H31FN6O5/c1-12(2)38-21(34)14(5)28-41(36,29-15(6)22(35)39-13(3)4)37-11-23(10-26-30-25)19(33)18(24)20(40-23)31-9-8-17(32)27-16(31)7;1-12(2)38-19(30)33-10-36-41(32,37-11-34-20(31)39-13(3)4)35-9-21(8-25-27-24)17(29)16(22)18(40-21)28-7-6-15(23)26-14(28)5;1-4-6-8-16(29)31-13-21(12-25-27-24)19(32-17(30)9-7-5-2)18(22)20(33-21)28-11-10-15(23)26-14(28)3/h8-9,12-15,18-20,33H,7,10-11H2,1-6H3,(H,27,32)(H2,28,29,36);6-7,12-13,16-18,29H,5,8-11H2,1-4H3,(H2,23,26);10-11,18-20H,3-9,12-13H2,1-2H3,(H2,23,26)/t14?,15?,18-,19+,20-,23-,41?;16-,17+,18-,21-;18-,19+,20-,21-/m111/s1. The van der Waals surface area contributed by atoms with Crippen LogP contribution >= 0.6 is 15.5 Å². The SMILES string of the molecule is C=C1N=C(N)C=CN1[C@@H]1O[C@](CN=[N+]=[N-])(COC(=O)CCCC)[C@@H](OC(=O)CCCC)[C@H]1F.C=C1N=C(N)C=CN1[C@@H]1O[C@](CN=[N+]=[N-])(COP(=O)(OCOC(=O)OC(C)C)OCOC(=O)OC(C)C)[C@@H](O)[C@H]1F.C=C1NC(=O)C=CN1[C@@H]1O[C@](CN=[N+]=[N-])(COP(=O)(NC(C)C(=O)OC(C)C)NC(C)C(=O)OC(C)C)[C@@H](O)[C@H]1F. The fourth-order valence-corrected chi connectivity index (χ4v) is 13.3. The highest BCUT2D eigenvalue weighted by Crippen LogP contribution is 2.52. The summed E-state index contributed by atoms with van der Waals surface area (Å²) in [6.07, 6.45) is -9.88. The molecule has 50 heteroatoms. The Morgan fingerprint density at radius 1 is 0.591 bits per heavy atom. The van der Waals surface area contributed by atoms with Gasteiger partial charge in [0, 0.05) is 52.3 Å². The van der Waals surface area contributed by atoms with Crippen LogP contribution < -0.4 is 27.0 Å². The van der Waals surface area contributed by atoms with Gasteiger partial charge in [-0.05, 0) is 111 Å². The Labute approximate surface area is 659 Å². The number of phosphoric ester groups is 1. The summed E-state index contributed by atoms with van der Waals surface area (Å²) in [4.78, 5) is 104. The second-order valence-corrected chi connectivity index (χ2v) is 30.3. The van der Waals surface area contributed by atoms with Crippen LogP contribution in [0.15, 0.2) is 99.4 Å². The van der Waals surface area contributed by atoms with Gasteiger partial charge in [0.1, 0.15) is 71.2 Å². The van der Waals surface area contributed by atoms with Crippen LogP contribution in [0.3, 0.4) is 0 Å². The number of carbonyl (C=O) groups excluding carboxylic acids is 7. The lowest BCUT2D eigenvalue weighted by Crippen LogP contribution is -2.51. The van der Waals surface area contributed by atoms with Crippen LogP contribution in [-0.4, -0.2) is 241 Å². The third-order valence-electron chi connectivity index (χ3n) is 16.0. The molecule has 3 fully saturated rings. The molecule has 0 spiro atoms. The van der Waals surface area contributed by atoms with Crippen molar-refractivity contribution in [2.75, 3.05) is 53.0 Å². The predicted octanol–water partition coefficient (Wildman–Crippen LogP) is 7.66. The van der Waals surface area contributed by atoms with Gasteiger partial charge in [0.15, 0.2) is 48.9 Å². The molecule has 3 saturated heterocycles. The summed E-state index contributed by atoms with van der Waals surface area (Å²) in [6.45, 7) is 24.0. The number of nitrogens with one attached hydrogen (secondary N) is 3. The molecule has 0 aliphatic carbocycles. The minimum atomic E-state index is -4.84. The van der Waals surface area contributed by atoms with Gasteiger partial charge in [0.2, 0.25) is 13.6 Å². The molecule has 0 aromatic carbocycles. The van der Waals surface area contributed by atoms with Crippen LogP contribution in [0.5, 0.6) is 0 Å². The van der Waals surface area contributed by atoms with Crippen molar-refractivity contribution in [2.24, 2.45) is 36.8 Å². The molecule has 115 heavy (non-hydrogen) atoms. The normalized spacial score (nSPS) is 25.9. The minimum Gasteiger partial charge on any atom is -0.462 e. The molecular weight excluding hydrogens is 1580 g/mol. The lowest BCUT2D eigenvalue weighted by molar-refractivity contribution is -0.177. The Balaban J connectivity index is 0.000000366. The number of aliphatic hydroxyl groups excluding tert-OH is 2. The van der Waals surface area contributed by atoms with E-state index in [1.54, 1.807) is 55.4 Å². The molecule has 6 heterocycles. The Bertz CT molecular complexity index is 3780. The second kappa shape index (κ2) is 45.6. The third kappa shape index (κ3) is 29.3. The van der Waals surface area contributed by atoms with Crippen molar-refractivity contribution < 1.29 is 136 Å². The summed E-state index contributed by atoms with van der Waals surface area (Å²) in [6, 6.07) is -2.45. The number of aliphatic hydroxyl groups is 2. The van der Waals surface area contributed by atoms with Crippen LogP contribution in [0.25, 0.3) is 31.3 Å². The summed E-state index contributed by atoms with van der Waals surface area (Å²) in [5, 5.41) is 39.3. The fourth-order valence-electron chi connectivity index (χ4n) is 10.5. The maximum atomic E-state index is 15.8. The summed E-state index contributed by atoms with van der Waals surface area (Å²) in [7, 11) is -9.27. The molecule has 6 aliphatic heterocycles. The first-order valence-corrected chi connectivity index (χ1v) is 38.7. The molecule has 642 valence electrons. The second-order valence-electron chi connectivity index (χ2n) is 26.7. The van der Waals surface area contributed by atoms with Gasteiger partial charge in [-0.1, -0.05) is 61.8 Å². The van der Waals surface area contributed by atoms with E-state index in [2.05, 4.69) is 84.8 Å². The highest BCUT2D eigenvalue weighted by atomic mass is 31.2. The number of hydrogen-bond donors (Lipinski definition) is 7. The van der Waals surface area contributed by atoms with Gasteiger partial charge in [-0.2, -0.15) is 0 Å². The van der Waals surface area contributed by atoms with E-state index in [-0.39, 0.29) is 42.0 Å².